The van der Waals surface area contributed by atoms with Crippen LogP contribution >= 0.6 is 15.9 Å². The number of likely N-dealkylation sites (N-methyl/N-ethyl adjacent to an activating group) is 1. The third-order valence-electron chi connectivity index (χ3n) is 3.65. The van der Waals surface area contributed by atoms with Crippen LogP contribution in [0.1, 0.15) is 6.42 Å². The maximum Gasteiger partial charge on any atom is 0.151 e. The highest BCUT2D eigenvalue weighted by molar-refractivity contribution is 9.10. The summed E-state index contributed by atoms with van der Waals surface area (Å²) in [5, 5.41) is 21.6. The zero-order valence-electron chi connectivity index (χ0n) is 11.6. The zero-order chi connectivity index (χ0) is 14.8. The first-order chi connectivity index (χ1) is 10.2. The summed E-state index contributed by atoms with van der Waals surface area (Å²) in [6, 6.07) is 5.86. The summed E-state index contributed by atoms with van der Waals surface area (Å²) >= 11 is 3.27. The predicted octanol–water partition coefficient (Wildman–Crippen LogP) is 1.80. The molecule has 0 bridgehead atoms. The van der Waals surface area contributed by atoms with Crippen molar-refractivity contribution in [2.45, 2.75) is 12.5 Å². The van der Waals surface area contributed by atoms with E-state index in [2.05, 4.69) is 41.3 Å². The highest BCUT2D eigenvalue weighted by Gasteiger charge is 2.22. The van der Waals surface area contributed by atoms with Crippen molar-refractivity contribution in [1.82, 2.24) is 20.5 Å². The first kappa shape index (κ1) is 14.2. The Morgan fingerprint density at radius 1 is 1.38 bits per heavy atom. The molecule has 1 fully saturated rings. The Kier molecular flexibility index (Phi) is 4.03. The van der Waals surface area contributed by atoms with E-state index < -0.39 is 0 Å². The highest BCUT2D eigenvalue weighted by Crippen LogP contribution is 2.28. The number of aromatic nitrogens is 3. The molecule has 1 aliphatic heterocycles. The monoisotopic (exact) mass is 349 g/mol. The molecule has 0 radical (unpaired) electrons. The summed E-state index contributed by atoms with van der Waals surface area (Å²) in [6.07, 6.45) is 2.73. The smallest absolute Gasteiger partial charge is 0.151 e. The van der Waals surface area contributed by atoms with Gasteiger partial charge in [-0.2, -0.15) is 0 Å². The molecule has 0 unspecified atom stereocenters. The van der Waals surface area contributed by atoms with Crippen LogP contribution in [0.5, 0.6) is 5.75 Å². The largest absolute Gasteiger partial charge is 0.506 e. The molecule has 2 aromatic heterocycles. The van der Waals surface area contributed by atoms with Gasteiger partial charge in [0.1, 0.15) is 17.1 Å². The van der Waals surface area contributed by atoms with Gasteiger partial charge in [-0.1, -0.05) is 0 Å². The van der Waals surface area contributed by atoms with Crippen molar-refractivity contribution in [2.75, 3.05) is 25.0 Å². The van der Waals surface area contributed by atoms with Crippen molar-refractivity contribution in [1.29, 1.82) is 0 Å². The lowest BCUT2D eigenvalue weighted by Gasteiger charge is -2.16. The molecule has 0 amide bonds. The van der Waals surface area contributed by atoms with E-state index in [1.165, 1.54) is 0 Å². The van der Waals surface area contributed by atoms with E-state index in [0.29, 0.717) is 17.4 Å². The Morgan fingerprint density at radius 2 is 2.24 bits per heavy atom. The third kappa shape index (κ3) is 2.98. The van der Waals surface area contributed by atoms with E-state index in [0.717, 1.165) is 29.8 Å². The van der Waals surface area contributed by atoms with Gasteiger partial charge in [0.25, 0.3) is 0 Å². The Hall–Kier alpha value is -1.73. The number of nitrogens with zero attached hydrogens (tertiary/aromatic N) is 4. The van der Waals surface area contributed by atoms with Gasteiger partial charge in [0.15, 0.2) is 5.82 Å². The van der Waals surface area contributed by atoms with Crippen LogP contribution in [-0.4, -0.2) is 46.5 Å². The Morgan fingerprint density at radius 3 is 2.86 bits per heavy atom. The second-order valence-electron chi connectivity index (χ2n) is 5.02. The molecule has 0 spiro atoms. The average molecular weight is 350 g/mol. The standard InChI is InChI=1S/C14H16BrN5O/c1-16-10-4-5-20(8-10)13-3-2-11(18-19-13)14-12(21)6-9(15)7-17-14/h2-3,6-7,10,16,21H,4-5,8H2,1H3/t10-/m1/s1. The molecule has 110 valence electrons. The fourth-order valence-corrected chi connectivity index (χ4v) is 2.77. The molecular weight excluding hydrogens is 334 g/mol. The van der Waals surface area contributed by atoms with Crippen LogP contribution in [-0.2, 0) is 0 Å². The molecule has 1 saturated heterocycles. The van der Waals surface area contributed by atoms with Crippen LogP contribution in [0.4, 0.5) is 5.82 Å². The molecule has 0 aromatic carbocycles. The Bertz CT molecular complexity index is 634. The fraction of sp³-hybridized carbons (Fsp3) is 0.357. The van der Waals surface area contributed by atoms with Gasteiger partial charge in [-0.3, -0.25) is 0 Å². The molecule has 2 N–H and O–H groups in total. The normalized spacial score (nSPS) is 18.2. The molecule has 7 heteroatoms. The minimum Gasteiger partial charge on any atom is -0.506 e. The third-order valence-corrected chi connectivity index (χ3v) is 4.08. The maximum atomic E-state index is 9.91. The number of pyridine rings is 1. The van der Waals surface area contributed by atoms with Crippen LogP contribution in [0.25, 0.3) is 11.4 Å². The van der Waals surface area contributed by atoms with Crippen LogP contribution in [0.15, 0.2) is 28.9 Å². The lowest BCUT2D eigenvalue weighted by molar-refractivity contribution is 0.474. The summed E-state index contributed by atoms with van der Waals surface area (Å²) in [5.41, 5.74) is 1.000. The Labute approximate surface area is 131 Å². The van der Waals surface area contributed by atoms with E-state index in [-0.39, 0.29) is 5.75 Å². The Balaban J connectivity index is 1.81. The summed E-state index contributed by atoms with van der Waals surface area (Å²) in [6.45, 7) is 1.91. The van der Waals surface area contributed by atoms with Crippen LogP contribution in [0.2, 0.25) is 0 Å². The van der Waals surface area contributed by atoms with Gasteiger partial charge in [0, 0.05) is 29.8 Å². The lowest BCUT2D eigenvalue weighted by Crippen LogP contribution is -2.29. The molecule has 0 saturated carbocycles. The average Bonchev–Trinajstić information content (AvgIpc) is 2.96. The van der Waals surface area contributed by atoms with Gasteiger partial charge in [0.05, 0.1) is 0 Å². The van der Waals surface area contributed by atoms with E-state index in [4.69, 9.17) is 0 Å². The van der Waals surface area contributed by atoms with E-state index in [1.54, 1.807) is 12.3 Å². The molecule has 1 aliphatic rings. The summed E-state index contributed by atoms with van der Waals surface area (Å²) < 4.78 is 0.725. The fourth-order valence-electron chi connectivity index (χ4n) is 2.45. The van der Waals surface area contributed by atoms with Crippen molar-refractivity contribution < 1.29 is 5.11 Å². The number of rotatable bonds is 3. The minimum absolute atomic E-state index is 0.0860. The first-order valence-electron chi connectivity index (χ1n) is 6.78. The molecule has 3 rings (SSSR count). The SMILES string of the molecule is CN[C@@H]1CCN(c2ccc(-c3ncc(Br)cc3O)nn2)C1. The topological polar surface area (TPSA) is 74.2 Å². The molecule has 1 atom stereocenters. The summed E-state index contributed by atoms with van der Waals surface area (Å²) in [5.74, 6) is 0.941. The highest BCUT2D eigenvalue weighted by atomic mass is 79.9. The first-order valence-corrected chi connectivity index (χ1v) is 7.57. The summed E-state index contributed by atoms with van der Waals surface area (Å²) in [7, 11) is 1.98. The maximum absolute atomic E-state index is 9.91. The second-order valence-corrected chi connectivity index (χ2v) is 5.93. The molecule has 2 aromatic rings. The number of halogens is 1. The van der Waals surface area contributed by atoms with Crippen LogP contribution in [0.3, 0.4) is 0 Å². The number of nitrogens with one attached hydrogen (secondary N) is 1. The van der Waals surface area contributed by atoms with Crippen LogP contribution in [0, 0.1) is 0 Å². The van der Waals surface area contributed by atoms with E-state index in [1.807, 2.05) is 19.2 Å². The van der Waals surface area contributed by atoms with Crippen molar-refractivity contribution >= 4 is 21.7 Å². The van der Waals surface area contributed by atoms with Gasteiger partial charge < -0.3 is 15.3 Å². The number of hydrogen-bond acceptors (Lipinski definition) is 6. The van der Waals surface area contributed by atoms with E-state index in [9.17, 15) is 5.11 Å². The van der Waals surface area contributed by atoms with Crippen LogP contribution < -0.4 is 10.2 Å². The van der Waals surface area contributed by atoms with Crippen molar-refractivity contribution in [2.24, 2.45) is 0 Å². The second kappa shape index (κ2) is 5.95. The van der Waals surface area contributed by atoms with Gasteiger partial charge >= 0.3 is 0 Å². The molecular formula is C14H16BrN5O. The van der Waals surface area contributed by atoms with Gasteiger partial charge in [0.2, 0.25) is 0 Å². The van der Waals surface area contributed by atoms with Gasteiger partial charge in [-0.15, -0.1) is 10.2 Å². The quantitative estimate of drug-likeness (QED) is 0.880. The van der Waals surface area contributed by atoms with Crippen molar-refractivity contribution in [3.05, 3.63) is 28.9 Å². The zero-order valence-corrected chi connectivity index (χ0v) is 13.2. The van der Waals surface area contributed by atoms with Crippen molar-refractivity contribution in [3.63, 3.8) is 0 Å². The van der Waals surface area contributed by atoms with E-state index >= 15 is 0 Å². The number of aromatic hydroxyl groups is 1. The number of anilines is 1. The molecule has 21 heavy (non-hydrogen) atoms. The minimum atomic E-state index is 0.0860. The summed E-state index contributed by atoms with van der Waals surface area (Å²) in [4.78, 5) is 6.38. The molecule has 6 nitrogen and oxygen atoms in total. The number of hydrogen-bond donors (Lipinski definition) is 2. The predicted molar refractivity (Wildman–Crippen MR) is 84.3 cm³/mol. The lowest BCUT2D eigenvalue weighted by atomic mass is 10.2. The molecule has 0 aliphatic carbocycles. The van der Waals surface area contributed by atoms with Gasteiger partial charge in [-0.25, -0.2) is 4.98 Å². The molecule has 3 heterocycles. The van der Waals surface area contributed by atoms with Gasteiger partial charge in [-0.05, 0) is 47.6 Å². The van der Waals surface area contributed by atoms with Crippen molar-refractivity contribution in [3.8, 4) is 17.1 Å².